The van der Waals surface area contributed by atoms with E-state index in [1.54, 1.807) is 26.1 Å². The third-order valence-corrected chi connectivity index (χ3v) is 4.10. The van der Waals surface area contributed by atoms with E-state index in [0.29, 0.717) is 22.8 Å². The van der Waals surface area contributed by atoms with Crippen molar-refractivity contribution in [3.8, 4) is 11.5 Å². The lowest BCUT2D eigenvalue weighted by Gasteiger charge is -2.16. The van der Waals surface area contributed by atoms with E-state index < -0.39 is 0 Å². The van der Waals surface area contributed by atoms with Gasteiger partial charge in [0.1, 0.15) is 11.3 Å². The molecule has 0 atom stereocenters. The van der Waals surface area contributed by atoms with Crippen molar-refractivity contribution >= 4 is 21.8 Å². The molecule has 0 saturated heterocycles. The van der Waals surface area contributed by atoms with Crippen LogP contribution in [-0.2, 0) is 17.9 Å². The van der Waals surface area contributed by atoms with E-state index in [-0.39, 0.29) is 35.9 Å². The van der Waals surface area contributed by atoms with Crippen LogP contribution >= 0.6 is 15.9 Å². The van der Waals surface area contributed by atoms with Crippen molar-refractivity contribution in [1.82, 2.24) is 24.6 Å². The second kappa shape index (κ2) is 7.65. The zero-order valence-corrected chi connectivity index (χ0v) is 15.8. The Morgan fingerprint density at radius 2 is 2.19 bits per heavy atom. The fourth-order valence-corrected chi connectivity index (χ4v) is 2.67. The molecule has 3 aromatic heterocycles. The summed E-state index contributed by atoms with van der Waals surface area (Å²) in [6.45, 7) is 2.20. The highest BCUT2D eigenvalue weighted by Gasteiger charge is 2.15. The number of carbonyl (C=O) groups is 1. The summed E-state index contributed by atoms with van der Waals surface area (Å²) in [6.07, 6.45) is 2.90. The zero-order valence-electron chi connectivity index (χ0n) is 14.2. The first kappa shape index (κ1) is 18.1. The van der Waals surface area contributed by atoms with Gasteiger partial charge >= 0.3 is 0 Å². The minimum Gasteiger partial charge on any atom is -0.452 e. The number of carbonyl (C=O) groups excluding carboxylic acids is 1. The standard InChI is InChI=1S/C16H16BrN5O4/c1-10-19-15(26-20-10)12-7-18-9-22(16(12)24)6-5-14(23)21(2)8-11-3-4-13(17)25-11/h3-4,7,9H,5-6,8H2,1-2H3. The molecule has 26 heavy (non-hydrogen) atoms. The van der Waals surface area contributed by atoms with Crippen LogP contribution in [0.5, 0.6) is 0 Å². The maximum Gasteiger partial charge on any atom is 0.266 e. The zero-order chi connectivity index (χ0) is 18.7. The SMILES string of the molecule is Cc1noc(-c2cncn(CCC(=O)N(C)Cc3ccc(Br)o3)c2=O)n1. The molecule has 1 amide bonds. The van der Waals surface area contributed by atoms with Crippen molar-refractivity contribution < 1.29 is 13.7 Å². The molecule has 0 saturated carbocycles. The highest BCUT2D eigenvalue weighted by molar-refractivity contribution is 9.10. The Labute approximate surface area is 156 Å². The molecule has 136 valence electrons. The van der Waals surface area contributed by atoms with Crippen LogP contribution in [0.25, 0.3) is 11.5 Å². The van der Waals surface area contributed by atoms with Crippen molar-refractivity contribution in [1.29, 1.82) is 0 Å². The molecule has 9 nitrogen and oxygen atoms in total. The molecule has 0 bridgehead atoms. The first-order valence-electron chi connectivity index (χ1n) is 7.77. The number of aryl methyl sites for hydroxylation is 2. The molecule has 3 heterocycles. The molecule has 3 aromatic rings. The van der Waals surface area contributed by atoms with Gasteiger partial charge in [0, 0.05) is 26.2 Å². The van der Waals surface area contributed by atoms with E-state index in [2.05, 4.69) is 31.1 Å². The van der Waals surface area contributed by atoms with Gasteiger partial charge in [-0.1, -0.05) is 5.16 Å². The molecule has 0 spiro atoms. The second-order valence-electron chi connectivity index (χ2n) is 5.66. The van der Waals surface area contributed by atoms with Crippen LogP contribution in [0.4, 0.5) is 0 Å². The van der Waals surface area contributed by atoms with E-state index >= 15 is 0 Å². The maximum absolute atomic E-state index is 12.5. The third kappa shape index (κ3) is 4.07. The second-order valence-corrected chi connectivity index (χ2v) is 6.44. The number of hydrogen-bond acceptors (Lipinski definition) is 7. The number of hydrogen-bond donors (Lipinski definition) is 0. The lowest BCUT2D eigenvalue weighted by atomic mass is 10.3. The fraction of sp³-hybridized carbons (Fsp3) is 0.312. The van der Waals surface area contributed by atoms with Gasteiger partial charge in [0.25, 0.3) is 11.4 Å². The highest BCUT2D eigenvalue weighted by Crippen LogP contribution is 2.15. The average molecular weight is 422 g/mol. The van der Waals surface area contributed by atoms with Gasteiger partial charge in [-0.15, -0.1) is 0 Å². The van der Waals surface area contributed by atoms with Gasteiger partial charge in [-0.2, -0.15) is 4.98 Å². The van der Waals surface area contributed by atoms with Crippen LogP contribution in [-0.4, -0.2) is 37.5 Å². The first-order valence-corrected chi connectivity index (χ1v) is 8.56. The average Bonchev–Trinajstić information content (AvgIpc) is 3.22. The van der Waals surface area contributed by atoms with Gasteiger partial charge in [0.2, 0.25) is 5.91 Å². The smallest absolute Gasteiger partial charge is 0.266 e. The van der Waals surface area contributed by atoms with E-state index in [1.165, 1.54) is 22.0 Å². The van der Waals surface area contributed by atoms with Crippen molar-refractivity contribution in [2.45, 2.75) is 26.4 Å². The largest absolute Gasteiger partial charge is 0.452 e. The molecule has 3 rings (SSSR count). The van der Waals surface area contributed by atoms with Crippen LogP contribution in [0.2, 0.25) is 0 Å². The number of furan rings is 1. The molecular weight excluding hydrogens is 406 g/mol. The summed E-state index contributed by atoms with van der Waals surface area (Å²) in [7, 11) is 1.68. The number of nitrogens with zero attached hydrogens (tertiary/aromatic N) is 5. The monoisotopic (exact) mass is 421 g/mol. The maximum atomic E-state index is 12.5. The summed E-state index contributed by atoms with van der Waals surface area (Å²) in [5.41, 5.74) is -0.136. The Bertz CT molecular complexity index is 977. The van der Waals surface area contributed by atoms with Gasteiger partial charge in [-0.05, 0) is 35.0 Å². The van der Waals surface area contributed by atoms with Crippen LogP contribution < -0.4 is 5.56 Å². The molecule has 0 aliphatic carbocycles. The lowest BCUT2D eigenvalue weighted by Crippen LogP contribution is -2.29. The molecule has 0 unspecified atom stereocenters. The molecule has 0 fully saturated rings. The fourth-order valence-electron chi connectivity index (χ4n) is 2.33. The molecule has 0 N–H and O–H groups in total. The summed E-state index contributed by atoms with van der Waals surface area (Å²) in [5.74, 6) is 1.08. The first-order chi connectivity index (χ1) is 12.4. The topological polar surface area (TPSA) is 107 Å². The third-order valence-electron chi connectivity index (χ3n) is 3.67. The number of halogens is 1. The molecule has 0 aliphatic heterocycles. The van der Waals surface area contributed by atoms with Crippen molar-refractivity contribution in [2.24, 2.45) is 0 Å². The number of amides is 1. The van der Waals surface area contributed by atoms with Gasteiger partial charge in [-0.3, -0.25) is 14.2 Å². The molecular formula is C16H16BrN5O4. The van der Waals surface area contributed by atoms with Gasteiger partial charge < -0.3 is 13.8 Å². The van der Waals surface area contributed by atoms with Crippen molar-refractivity contribution in [3.05, 3.63) is 51.3 Å². The highest BCUT2D eigenvalue weighted by atomic mass is 79.9. The van der Waals surface area contributed by atoms with E-state index in [0.717, 1.165) is 0 Å². The molecule has 10 heteroatoms. The minimum atomic E-state index is -0.339. The number of rotatable bonds is 6. The van der Waals surface area contributed by atoms with Gasteiger partial charge in [0.05, 0.1) is 12.9 Å². The van der Waals surface area contributed by atoms with Crippen molar-refractivity contribution in [2.75, 3.05) is 7.05 Å². The van der Waals surface area contributed by atoms with Crippen LogP contribution in [0.1, 0.15) is 18.0 Å². The summed E-state index contributed by atoms with van der Waals surface area (Å²) >= 11 is 3.22. The van der Waals surface area contributed by atoms with Crippen LogP contribution in [0.3, 0.4) is 0 Å². The Morgan fingerprint density at radius 3 is 2.85 bits per heavy atom. The van der Waals surface area contributed by atoms with E-state index in [9.17, 15) is 9.59 Å². The minimum absolute atomic E-state index is 0.112. The Balaban J connectivity index is 1.66. The molecule has 0 radical (unpaired) electrons. The molecule has 0 aromatic carbocycles. The van der Waals surface area contributed by atoms with E-state index in [1.807, 2.05) is 0 Å². The summed E-state index contributed by atoms with van der Waals surface area (Å²) in [6, 6.07) is 3.56. The van der Waals surface area contributed by atoms with Gasteiger partial charge in [-0.25, -0.2) is 4.98 Å². The van der Waals surface area contributed by atoms with Crippen molar-refractivity contribution in [3.63, 3.8) is 0 Å². The predicted molar refractivity (Wildman–Crippen MR) is 94.0 cm³/mol. The lowest BCUT2D eigenvalue weighted by molar-refractivity contribution is -0.130. The summed E-state index contributed by atoms with van der Waals surface area (Å²) in [5, 5.41) is 3.67. The Morgan fingerprint density at radius 1 is 1.38 bits per heavy atom. The summed E-state index contributed by atoms with van der Waals surface area (Å²) < 4.78 is 12.4. The predicted octanol–water partition coefficient (Wildman–Crippen LogP) is 2.01. The summed E-state index contributed by atoms with van der Waals surface area (Å²) in [4.78, 5) is 34.4. The molecule has 0 aliphatic rings. The van der Waals surface area contributed by atoms with Crippen LogP contribution in [0, 0.1) is 6.92 Å². The Hall–Kier alpha value is -2.75. The Kier molecular flexibility index (Phi) is 5.31. The quantitative estimate of drug-likeness (QED) is 0.598. The van der Waals surface area contributed by atoms with Gasteiger partial charge in [0.15, 0.2) is 10.5 Å². The normalized spacial score (nSPS) is 10.9. The number of aromatic nitrogens is 4. The van der Waals surface area contributed by atoms with Crippen LogP contribution in [0.15, 0.2) is 43.1 Å². The van der Waals surface area contributed by atoms with E-state index in [4.69, 9.17) is 8.94 Å².